The van der Waals surface area contributed by atoms with E-state index in [-0.39, 0.29) is 5.91 Å². The molecule has 98 valence electrons. The van der Waals surface area contributed by atoms with Crippen LogP contribution in [0.25, 0.3) is 0 Å². The average Bonchev–Trinajstić information content (AvgIpc) is 2.41. The molecule has 0 saturated carbocycles. The van der Waals surface area contributed by atoms with Crippen molar-refractivity contribution < 1.29 is 4.79 Å². The van der Waals surface area contributed by atoms with Crippen LogP contribution >= 0.6 is 0 Å². The maximum absolute atomic E-state index is 12.1. The molecule has 1 unspecified atom stereocenters. The van der Waals surface area contributed by atoms with Crippen LogP contribution in [0.4, 0.5) is 0 Å². The molecule has 0 N–H and O–H groups in total. The van der Waals surface area contributed by atoms with E-state index < -0.39 is 0 Å². The largest absolute Gasteiger partial charge is 0.335 e. The summed E-state index contributed by atoms with van der Waals surface area (Å²) in [4.78, 5) is 17.0. The molecule has 3 heteroatoms. The quantitative estimate of drug-likeness (QED) is 0.649. The summed E-state index contributed by atoms with van der Waals surface area (Å²) in [5.41, 5.74) is 0. The number of piperidine rings is 3. The summed E-state index contributed by atoms with van der Waals surface area (Å²) >= 11 is 0. The molecule has 3 fully saturated rings. The van der Waals surface area contributed by atoms with Crippen LogP contribution in [0.2, 0.25) is 0 Å². The molecular formula is C15H22N2O. The van der Waals surface area contributed by atoms with Gasteiger partial charge in [0, 0.05) is 18.6 Å². The molecule has 0 bridgehead atoms. The fourth-order valence-corrected chi connectivity index (χ4v) is 4.95. The molecule has 0 aromatic rings. The van der Waals surface area contributed by atoms with Crippen LogP contribution < -0.4 is 0 Å². The molecule has 0 aromatic heterocycles. The Bertz CT molecular complexity index is 390. The molecule has 0 spiro atoms. The van der Waals surface area contributed by atoms with Crippen molar-refractivity contribution >= 4 is 5.91 Å². The van der Waals surface area contributed by atoms with Crippen LogP contribution in [0, 0.1) is 11.8 Å². The number of hydrogen-bond acceptors (Lipinski definition) is 2. The number of fused-ring (bicyclic) bond motifs is 2. The van der Waals surface area contributed by atoms with Gasteiger partial charge < -0.3 is 4.90 Å². The normalized spacial score (nSPS) is 43.6. The topological polar surface area (TPSA) is 23.6 Å². The summed E-state index contributed by atoms with van der Waals surface area (Å²) in [6.45, 7) is 3.62. The van der Waals surface area contributed by atoms with E-state index in [0.717, 1.165) is 30.8 Å². The first-order valence-corrected chi connectivity index (χ1v) is 7.56. The summed E-state index contributed by atoms with van der Waals surface area (Å²) in [7, 11) is 0. The second-order valence-electron chi connectivity index (χ2n) is 6.43. The Morgan fingerprint density at radius 3 is 2.89 bits per heavy atom. The smallest absolute Gasteiger partial charge is 0.246 e. The van der Waals surface area contributed by atoms with E-state index in [1.54, 1.807) is 6.08 Å². The van der Waals surface area contributed by atoms with E-state index in [0.29, 0.717) is 6.04 Å². The van der Waals surface area contributed by atoms with Gasteiger partial charge in [0.2, 0.25) is 5.91 Å². The molecule has 3 nitrogen and oxygen atoms in total. The van der Waals surface area contributed by atoms with Crippen LogP contribution in [0.1, 0.15) is 32.1 Å². The third-order valence-corrected chi connectivity index (χ3v) is 5.59. The van der Waals surface area contributed by atoms with Crippen LogP contribution in [-0.4, -0.2) is 47.4 Å². The van der Waals surface area contributed by atoms with Crippen molar-refractivity contribution in [2.45, 2.75) is 44.2 Å². The molecule has 4 rings (SSSR count). The summed E-state index contributed by atoms with van der Waals surface area (Å²) in [6.07, 6.45) is 10.3. The maximum atomic E-state index is 12.1. The van der Waals surface area contributed by atoms with Gasteiger partial charge in [-0.2, -0.15) is 0 Å². The molecule has 0 aliphatic carbocycles. The van der Waals surface area contributed by atoms with Crippen LogP contribution in [0.15, 0.2) is 12.2 Å². The Labute approximate surface area is 109 Å². The van der Waals surface area contributed by atoms with E-state index in [1.807, 2.05) is 0 Å². The number of nitrogens with zero attached hydrogens (tertiary/aromatic N) is 2. The highest BCUT2D eigenvalue weighted by molar-refractivity contribution is 5.88. The van der Waals surface area contributed by atoms with Crippen molar-refractivity contribution in [1.82, 2.24) is 9.80 Å². The highest BCUT2D eigenvalue weighted by atomic mass is 16.2. The van der Waals surface area contributed by atoms with Gasteiger partial charge in [0.15, 0.2) is 0 Å². The standard InChI is InChI=1S/C15H22N2O/c18-14-7-1-6-13-12-5-3-9-16-8-2-4-11(15(12)16)10-17(13)14/h1,7,11-13,15H,2-6,8-10H2/t11-,12?,13-,15+/m1/s1. The third-order valence-electron chi connectivity index (χ3n) is 5.59. The van der Waals surface area contributed by atoms with Gasteiger partial charge in [0.05, 0.1) is 0 Å². The Hall–Kier alpha value is -0.830. The van der Waals surface area contributed by atoms with Crippen molar-refractivity contribution in [3.63, 3.8) is 0 Å². The van der Waals surface area contributed by atoms with Gasteiger partial charge in [-0.1, -0.05) is 6.08 Å². The minimum Gasteiger partial charge on any atom is -0.335 e. The summed E-state index contributed by atoms with van der Waals surface area (Å²) in [6, 6.07) is 1.29. The fraction of sp³-hybridized carbons (Fsp3) is 0.800. The van der Waals surface area contributed by atoms with Crippen LogP contribution in [-0.2, 0) is 4.79 Å². The van der Waals surface area contributed by atoms with Gasteiger partial charge in [-0.25, -0.2) is 0 Å². The molecule has 1 amide bonds. The average molecular weight is 246 g/mol. The van der Waals surface area contributed by atoms with Gasteiger partial charge in [-0.05, 0) is 63.1 Å². The fourth-order valence-electron chi connectivity index (χ4n) is 4.95. The predicted octanol–water partition coefficient (Wildman–Crippen LogP) is 1.65. The highest BCUT2D eigenvalue weighted by Crippen LogP contribution is 2.43. The number of carbonyl (C=O) groups excluding carboxylic acids is 1. The Morgan fingerprint density at radius 1 is 1.17 bits per heavy atom. The molecular weight excluding hydrogens is 224 g/mol. The predicted molar refractivity (Wildman–Crippen MR) is 70.1 cm³/mol. The minimum absolute atomic E-state index is 0.271. The second-order valence-corrected chi connectivity index (χ2v) is 6.43. The lowest BCUT2D eigenvalue weighted by Gasteiger charge is -2.57. The van der Waals surface area contributed by atoms with Crippen molar-refractivity contribution in [2.75, 3.05) is 19.6 Å². The van der Waals surface area contributed by atoms with Gasteiger partial charge in [0.1, 0.15) is 0 Å². The van der Waals surface area contributed by atoms with Gasteiger partial charge in [-0.3, -0.25) is 9.69 Å². The molecule has 4 atom stereocenters. The number of amides is 1. The zero-order chi connectivity index (χ0) is 12.1. The Balaban J connectivity index is 1.68. The van der Waals surface area contributed by atoms with Crippen molar-refractivity contribution in [2.24, 2.45) is 11.8 Å². The lowest BCUT2D eigenvalue weighted by Crippen LogP contribution is -2.65. The number of rotatable bonds is 0. The minimum atomic E-state index is 0.271. The molecule has 0 aromatic carbocycles. The molecule has 18 heavy (non-hydrogen) atoms. The molecule has 4 aliphatic heterocycles. The molecule has 4 aliphatic rings. The zero-order valence-electron chi connectivity index (χ0n) is 10.9. The number of carbonyl (C=O) groups is 1. The summed E-state index contributed by atoms with van der Waals surface area (Å²) in [5.74, 6) is 1.76. The first-order valence-electron chi connectivity index (χ1n) is 7.56. The van der Waals surface area contributed by atoms with E-state index in [4.69, 9.17) is 0 Å². The van der Waals surface area contributed by atoms with E-state index in [9.17, 15) is 4.79 Å². The Kier molecular flexibility index (Phi) is 2.51. The van der Waals surface area contributed by atoms with Crippen LogP contribution in [0.5, 0.6) is 0 Å². The lowest BCUT2D eigenvalue weighted by atomic mass is 9.68. The van der Waals surface area contributed by atoms with Crippen molar-refractivity contribution in [3.8, 4) is 0 Å². The lowest BCUT2D eigenvalue weighted by molar-refractivity contribution is -0.141. The second kappa shape index (κ2) is 4.09. The van der Waals surface area contributed by atoms with Crippen LogP contribution in [0.3, 0.4) is 0 Å². The molecule has 0 radical (unpaired) electrons. The monoisotopic (exact) mass is 246 g/mol. The number of hydrogen-bond donors (Lipinski definition) is 0. The highest BCUT2D eigenvalue weighted by Gasteiger charge is 2.49. The third kappa shape index (κ3) is 1.49. The first-order chi connectivity index (χ1) is 8.84. The van der Waals surface area contributed by atoms with Gasteiger partial charge >= 0.3 is 0 Å². The Morgan fingerprint density at radius 2 is 2.00 bits per heavy atom. The van der Waals surface area contributed by atoms with Gasteiger partial charge in [-0.15, -0.1) is 0 Å². The van der Waals surface area contributed by atoms with Crippen molar-refractivity contribution in [1.29, 1.82) is 0 Å². The zero-order valence-corrected chi connectivity index (χ0v) is 10.9. The maximum Gasteiger partial charge on any atom is 0.246 e. The summed E-state index contributed by atoms with van der Waals surface area (Å²) in [5, 5.41) is 0. The van der Waals surface area contributed by atoms with Gasteiger partial charge in [0.25, 0.3) is 0 Å². The SMILES string of the molecule is O=C1C=CC[C@@H]2C3CCCN4CCC[C@H](CN12)[C@@H]34. The first kappa shape index (κ1) is 11.0. The molecule has 3 saturated heterocycles. The molecule has 4 heterocycles. The summed E-state index contributed by atoms with van der Waals surface area (Å²) < 4.78 is 0. The van der Waals surface area contributed by atoms with E-state index in [2.05, 4.69) is 15.9 Å². The van der Waals surface area contributed by atoms with E-state index >= 15 is 0 Å². The van der Waals surface area contributed by atoms with Crippen molar-refractivity contribution in [3.05, 3.63) is 12.2 Å². The van der Waals surface area contributed by atoms with E-state index in [1.165, 1.54) is 38.8 Å².